The van der Waals surface area contributed by atoms with Gasteiger partial charge in [-0.3, -0.25) is 14.4 Å². The maximum atomic E-state index is 13.7. The molecule has 218 valence electrons. The lowest BCUT2D eigenvalue weighted by Crippen LogP contribution is -2.57. The normalized spacial score (nSPS) is 19.2. The zero-order chi connectivity index (χ0) is 29.5. The summed E-state index contributed by atoms with van der Waals surface area (Å²) in [5.74, 6) is -0.646. The number of amides is 3. The lowest BCUT2D eigenvalue weighted by molar-refractivity contribution is -0.140. The molecule has 13 heteroatoms. The van der Waals surface area contributed by atoms with Crippen molar-refractivity contribution < 1.29 is 22.8 Å². The molecule has 0 radical (unpaired) electrons. The molecule has 2 saturated heterocycles. The van der Waals surface area contributed by atoms with Gasteiger partial charge in [-0.2, -0.15) is 0 Å². The highest BCUT2D eigenvalue weighted by Gasteiger charge is 2.48. The predicted octanol–water partition coefficient (Wildman–Crippen LogP) is 4.14. The second-order valence-corrected chi connectivity index (χ2v) is 14.4. The highest BCUT2D eigenvalue weighted by atomic mass is 35.5. The molecule has 3 atom stereocenters. The SMILES string of the molecule is CC(C)CC(NC(=O)c1cc2ccccc2s1)C(=O)N1C[C@H]2C[C@@H]1CN2C(=O)CNS(=O)(=O)c1ccc(Cl)cc1Cl. The van der Waals surface area contributed by atoms with E-state index in [1.54, 1.807) is 9.80 Å². The number of piperazine rings is 1. The van der Waals surface area contributed by atoms with Crippen LogP contribution < -0.4 is 10.0 Å². The Hall–Kier alpha value is -2.70. The zero-order valence-electron chi connectivity index (χ0n) is 22.5. The third-order valence-corrected chi connectivity index (χ3v) is 10.6. The number of carbonyl (C=O) groups is 3. The summed E-state index contributed by atoms with van der Waals surface area (Å²) in [6, 6.07) is 12.5. The summed E-state index contributed by atoms with van der Waals surface area (Å²) in [4.78, 5) is 43.5. The number of sulfonamides is 1. The van der Waals surface area contributed by atoms with Crippen molar-refractivity contribution in [1.29, 1.82) is 0 Å². The van der Waals surface area contributed by atoms with E-state index in [1.165, 1.54) is 29.5 Å². The van der Waals surface area contributed by atoms with Crippen LogP contribution in [0.2, 0.25) is 10.0 Å². The molecule has 2 bridgehead atoms. The quantitative estimate of drug-likeness (QED) is 0.366. The van der Waals surface area contributed by atoms with Gasteiger partial charge in [0, 0.05) is 22.8 Å². The molecule has 1 aromatic heterocycles. The lowest BCUT2D eigenvalue weighted by Gasteiger charge is -2.36. The number of hydrogen-bond acceptors (Lipinski definition) is 6. The minimum absolute atomic E-state index is 0.0396. The fourth-order valence-corrected chi connectivity index (χ4v) is 8.20. The minimum atomic E-state index is -4.03. The van der Waals surface area contributed by atoms with Crippen molar-refractivity contribution in [1.82, 2.24) is 19.8 Å². The summed E-state index contributed by atoms with van der Waals surface area (Å²) in [5.41, 5.74) is 0. The number of likely N-dealkylation sites (tertiary alicyclic amines) is 2. The fraction of sp³-hybridized carbons (Fsp3) is 0.393. The number of thiophene rings is 1. The van der Waals surface area contributed by atoms with Crippen molar-refractivity contribution in [3.63, 3.8) is 0 Å². The van der Waals surface area contributed by atoms with Gasteiger partial charge < -0.3 is 15.1 Å². The second kappa shape index (κ2) is 11.9. The highest BCUT2D eigenvalue weighted by Crippen LogP contribution is 2.32. The van der Waals surface area contributed by atoms with Crippen LogP contribution in [0.4, 0.5) is 0 Å². The van der Waals surface area contributed by atoms with E-state index < -0.39 is 22.6 Å². The molecule has 5 rings (SSSR count). The number of benzene rings is 2. The summed E-state index contributed by atoms with van der Waals surface area (Å²) in [6.07, 6.45) is 1.09. The van der Waals surface area contributed by atoms with Gasteiger partial charge in [0.25, 0.3) is 5.91 Å². The summed E-state index contributed by atoms with van der Waals surface area (Å²) in [7, 11) is -4.03. The van der Waals surface area contributed by atoms with Gasteiger partial charge >= 0.3 is 0 Å². The van der Waals surface area contributed by atoms with Crippen LogP contribution in [0, 0.1) is 5.92 Å². The highest BCUT2D eigenvalue weighted by molar-refractivity contribution is 7.89. The lowest BCUT2D eigenvalue weighted by atomic mass is 10.0. The molecule has 0 saturated carbocycles. The van der Waals surface area contributed by atoms with Crippen molar-refractivity contribution >= 4 is 72.4 Å². The average Bonchev–Trinajstić information content (AvgIpc) is 3.65. The van der Waals surface area contributed by atoms with E-state index in [9.17, 15) is 22.8 Å². The molecule has 9 nitrogen and oxygen atoms in total. The number of hydrogen-bond donors (Lipinski definition) is 2. The van der Waals surface area contributed by atoms with Crippen molar-refractivity contribution in [3.05, 3.63) is 63.5 Å². The summed E-state index contributed by atoms with van der Waals surface area (Å²) >= 11 is 13.3. The van der Waals surface area contributed by atoms with Gasteiger partial charge in [0.2, 0.25) is 21.8 Å². The molecular weight excluding hydrogens is 607 g/mol. The van der Waals surface area contributed by atoms with Gasteiger partial charge in [-0.25, -0.2) is 13.1 Å². The average molecular weight is 638 g/mol. The van der Waals surface area contributed by atoms with Gasteiger partial charge in [-0.15, -0.1) is 11.3 Å². The van der Waals surface area contributed by atoms with E-state index in [2.05, 4.69) is 10.0 Å². The van der Waals surface area contributed by atoms with E-state index in [0.717, 1.165) is 10.1 Å². The largest absolute Gasteiger partial charge is 0.340 e. The van der Waals surface area contributed by atoms with Crippen LogP contribution in [0.25, 0.3) is 10.1 Å². The first-order chi connectivity index (χ1) is 19.4. The topological polar surface area (TPSA) is 116 Å². The van der Waals surface area contributed by atoms with Crippen LogP contribution in [0.3, 0.4) is 0 Å². The number of carbonyl (C=O) groups excluding carboxylic acids is 3. The summed E-state index contributed by atoms with van der Waals surface area (Å²) in [5, 5.41) is 4.20. The maximum absolute atomic E-state index is 13.7. The Morgan fingerprint density at radius 3 is 2.39 bits per heavy atom. The third-order valence-electron chi connectivity index (χ3n) is 7.40. The molecule has 2 fully saturated rings. The molecule has 41 heavy (non-hydrogen) atoms. The molecule has 0 aliphatic carbocycles. The fourth-order valence-electron chi connectivity index (χ4n) is 5.49. The molecule has 2 N–H and O–H groups in total. The molecule has 3 aromatic rings. The van der Waals surface area contributed by atoms with E-state index in [0.29, 0.717) is 35.8 Å². The first kappa shape index (κ1) is 29.8. The summed E-state index contributed by atoms with van der Waals surface area (Å²) < 4.78 is 28.7. The van der Waals surface area contributed by atoms with Crippen LogP contribution in [-0.4, -0.2) is 73.7 Å². The Balaban J connectivity index is 1.20. The number of nitrogens with one attached hydrogen (secondary N) is 2. The molecule has 3 heterocycles. The molecule has 3 amide bonds. The minimum Gasteiger partial charge on any atom is -0.340 e. The zero-order valence-corrected chi connectivity index (χ0v) is 25.6. The van der Waals surface area contributed by atoms with E-state index >= 15 is 0 Å². The molecule has 0 spiro atoms. The Morgan fingerprint density at radius 2 is 1.73 bits per heavy atom. The smallest absolute Gasteiger partial charge is 0.262 e. The summed E-state index contributed by atoms with van der Waals surface area (Å²) in [6.45, 7) is 4.21. The molecule has 2 aromatic carbocycles. The van der Waals surface area contributed by atoms with Gasteiger partial charge in [0.1, 0.15) is 10.9 Å². The van der Waals surface area contributed by atoms with Crippen molar-refractivity contribution in [2.24, 2.45) is 5.92 Å². The Morgan fingerprint density at radius 1 is 1.02 bits per heavy atom. The molecule has 2 aliphatic rings. The van der Waals surface area contributed by atoms with Gasteiger partial charge in [0.15, 0.2) is 0 Å². The number of nitrogens with zero attached hydrogens (tertiary/aromatic N) is 2. The first-order valence-electron chi connectivity index (χ1n) is 13.3. The monoisotopic (exact) mass is 636 g/mol. The number of rotatable bonds is 9. The molecular formula is C28H30Cl2N4O5S2. The van der Waals surface area contributed by atoms with E-state index in [-0.39, 0.29) is 45.6 Å². The Bertz CT molecular complexity index is 1580. The van der Waals surface area contributed by atoms with Gasteiger partial charge in [0.05, 0.1) is 28.5 Å². The number of fused-ring (bicyclic) bond motifs is 3. The van der Waals surface area contributed by atoms with Crippen molar-refractivity contribution in [2.75, 3.05) is 19.6 Å². The molecule has 2 aliphatic heterocycles. The Labute approximate surface area is 252 Å². The number of halogens is 2. The second-order valence-electron chi connectivity index (χ2n) is 10.8. The molecule has 1 unspecified atom stereocenters. The van der Waals surface area contributed by atoms with Crippen LogP contribution >= 0.6 is 34.5 Å². The van der Waals surface area contributed by atoms with Gasteiger partial charge in [-0.05, 0) is 54.5 Å². The first-order valence-corrected chi connectivity index (χ1v) is 16.3. The van der Waals surface area contributed by atoms with Gasteiger partial charge in [-0.1, -0.05) is 55.2 Å². The van der Waals surface area contributed by atoms with Crippen LogP contribution in [0.5, 0.6) is 0 Å². The maximum Gasteiger partial charge on any atom is 0.262 e. The standard InChI is InChI=1S/C28H30Cl2N4O5S2/c1-16(2)9-22(32-27(36)24-10-17-5-3-4-6-23(17)40-24)28(37)34-15-19-12-20(34)14-33(19)26(35)13-31-41(38,39)25-8-7-18(29)11-21(25)30/h3-8,10-11,16,19-20,22,31H,9,12-15H2,1-2H3,(H,32,36)/t19-,20-,22?/m1/s1. The van der Waals surface area contributed by atoms with Crippen LogP contribution in [0.1, 0.15) is 36.4 Å². The third kappa shape index (κ3) is 6.39. The van der Waals surface area contributed by atoms with Crippen LogP contribution in [-0.2, 0) is 19.6 Å². The van der Waals surface area contributed by atoms with E-state index in [1.807, 2.05) is 44.2 Å². The van der Waals surface area contributed by atoms with Crippen LogP contribution in [0.15, 0.2) is 53.4 Å². The van der Waals surface area contributed by atoms with E-state index in [4.69, 9.17) is 23.2 Å². The Kier molecular flexibility index (Phi) is 8.63. The van der Waals surface area contributed by atoms with Crippen molar-refractivity contribution in [3.8, 4) is 0 Å². The predicted molar refractivity (Wildman–Crippen MR) is 160 cm³/mol. The van der Waals surface area contributed by atoms with Crippen molar-refractivity contribution in [2.45, 2.75) is 49.7 Å².